The minimum Gasteiger partial charge on any atom is -0.392 e. The topological polar surface area (TPSA) is 65.0 Å². The third-order valence-corrected chi connectivity index (χ3v) is 4.09. The second-order valence-corrected chi connectivity index (χ2v) is 5.75. The van der Waals surface area contributed by atoms with Gasteiger partial charge in [-0.3, -0.25) is 9.69 Å². The molecule has 0 aliphatic carbocycles. The van der Waals surface area contributed by atoms with Crippen molar-refractivity contribution < 1.29 is 14.6 Å². The lowest BCUT2D eigenvalue weighted by Gasteiger charge is -2.42. The number of β-amino-alcohol motifs (C(OH)–C–C–N with tert-alkyl or cyclic N) is 1. The van der Waals surface area contributed by atoms with E-state index in [9.17, 15) is 9.90 Å². The monoisotopic (exact) mass is 285 g/mol. The van der Waals surface area contributed by atoms with E-state index >= 15 is 0 Å². The molecular weight excluding hydrogens is 258 g/mol. The molecule has 0 spiro atoms. The van der Waals surface area contributed by atoms with E-state index in [1.54, 1.807) is 0 Å². The SMILES string of the molecule is CCC1CN(C(=O)C2CNCCO2)CCN1CC(C)O. The first-order valence-corrected chi connectivity index (χ1v) is 7.65. The largest absolute Gasteiger partial charge is 0.392 e. The van der Waals surface area contributed by atoms with Crippen molar-refractivity contribution in [2.24, 2.45) is 0 Å². The summed E-state index contributed by atoms with van der Waals surface area (Å²) in [5.74, 6) is 0.104. The lowest BCUT2D eigenvalue weighted by atomic mass is 10.1. The van der Waals surface area contributed by atoms with Gasteiger partial charge in [-0.1, -0.05) is 6.92 Å². The van der Waals surface area contributed by atoms with Crippen molar-refractivity contribution in [2.75, 3.05) is 45.9 Å². The fraction of sp³-hybridized carbons (Fsp3) is 0.929. The van der Waals surface area contributed by atoms with Gasteiger partial charge in [0.2, 0.25) is 0 Å². The summed E-state index contributed by atoms with van der Waals surface area (Å²) in [5.41, 5.74) is 0. The van der Waals surface area contributed by atoms with Crippen LogP contribution in [0.5, 0.6) is 0 Å². The molecule has 0 saturated carbocycles. The number of ether oxygens (including phenoxy) is 1. The van der Waals surface area contributed by atoms with Gasteiger partial charge in [0.05, 0.1) is 12.7 Å². The zero-order valence-corrected chi connectivity index (χ0v) is 12.5. The van der Waals surface area contributed by atoms with Crippen molar-refractivity contribution in [3.05, 3.63) is 0 Å². The maximum absolute atomic E-state index is 12.4. The summed E-state index contributed by atoms with van der Waals surface area (Å²) in [4.78, 5) is 16.6. The molecule has 0 aromatic heterocycles. The van der Waals surface area contributed by atoms with Crippen molar-refractivity contribution in [3.63, 3.8) is 0 Å². The molecule has 2 aliphatic rings. The molecule has 2 fully saturated rings. The number of aliphatic hydroxyl groups is 1. The molecule has 20 heavy (non-hydrogen) atoms. The molecule has 3 unspecified atom stereocenters. The number of morpholine rings is 1. The molecule has 0 aromatic carbocycles. The van der Waals surface area contributed by atoms with E-state index in [1.807, 2.05) is 11.8 Å². The molecule has 2 saturated heterocycles. The van der Waals surface area contributed by atoms with Crippen LogP contribution in [0, 0.1) is 0 Å². The van der Waals surface area contributed by atoms with E-state index in [1.165, 1.54) is 0 Å². The van der Waals surface area contributed by atoms with Crippen molar-refractivity contribution >= 4 is 5.91 Å². The lowest BCUT2D eigenvalue weighted by molar-refractivity contribution is -0.148. The Morgan fingerprint density at radius 1 is 1.50 bits per heavy atom. The second-order valence-electron chi connectivity index (χ2n) is 5.75. The smallest absolute Gasteiger partial charge is 0.253 e. The van der Waals surface area contributed by atoms with Gasteiger partial charge < -0.3 is 20.1 Å². The normalized spacial score (nSPS) is 30.2. The minimum atomic E-state index is -0.329. The van der Waals surface area contributed by atoms with Crippen molar-refractivity contribution in [3.8, 4) is 0 Å². The van der Waals surface area contributed by atoms with E-state index in [-0.39, 0.29) is 18.1 Å². The van der Waals surface area contributed by atoms with Gasteiger partial charge >= 0.3 is 0 Å². The average molecular weight is 285 g/mol. The van der Waals surface area contributed by atoms with Crippen LogP contribution in [0.15, 0.2) is 0 Å². The molecule has 116 valence electrons. The Balaban J connectivity index is 1.90. The molecule has 6 nitrogen and oxygen atoms in total. The average Bonchev–Trinajstić information content (AvgIpc) is 2.47. The van der Waals surface area contributed by atoms with Crippen molar-refractivity contribution in [2.45, 2.75) is 38.5 Å². The first-order chi connectivity index (χ1) is 9.61. The number of rotatable bonds is 4. The first-order valence-electron chi connectivity index (χ1n) is 7.65. The first kappa shape index (κ1) is 15.7. The number of carbonyl (C=O) groups excluding carboxylic acids is 1. The van der Waals surface area contributed by atoms with Crippen molar-refractivity contribution in [1.29, 1.82) is 0 Å². The number of hydrogen-bond acceptors (Lipinski definition) is 5. The van der Waals surface area contributed by atoms with Gasteiger partial charge in [-0.15, -0.1) is 0 Å². The Kier molecular flexibility index (Phi) is 5.77. The molecule has 2 N–H and O–H groups in total. The van der Waals surface area contributed by atoms with Gasteiger partial charge in [-0.05, 0) is 13.3 Å². The fourth-order valence-corrected chi connectivity index (χ4v) is 2.99. The van der Waals surface area contributed by atoms with Gasteiger partial charge in [0.1, 0.15) is 6.10 Å². The van der Waals surface area contributed by atoms with Gasteiger partial charge in [-0.2, -0.15) is 0 Å². The highest BCUT2D eigenvalue weighted by atomic mass is 16.5. The molecule has 2 heterocycles. The standard InChI is InChI=1S/C14H27N3O3/c1-3-12-10-17(6-5-16(12)9-11(2)18)14(19)13-8-15-4-7-20-13/h11-13,15,18H,3-10H2,1-2H3. The van der Waals surface area contributed by atoms with Crippen LogP contribution in [-0.4, -0.2) is 84.9 Å². The zero-order valence-electron chi connectivity index (χ0n) is 12.5. The van der Waals surface area contributed by atoms with Crippen LogP contribution in [-0.2, 0) is 9.53 Å². The van der Waals surface area contributed by atoms with E-state index in [0.717, 1.165) is 32.6 Å². The Morgan fingerprint density at radius 3 is 2.90 bits per heavy atom. The number of hydrogen-bond donors (Lipinski definition) is 2. The molecular formula is C14H27N3O3. The Labute approximate surface area is 121 Å². The molecule has 2 aliphatic heterocycles. The molecule has 6 heteroatoms. The summed E-state index contributed by atoms with van der Waals surface area (Å²) in [5, 5.41) is 12.7. The summed E-state index contributed by atoms with van der Waals surface area (Å²) in [6, 6.07) is 0.332. The third-order valence-electron chi connectivity index (χ3n) is 4.09. The van der Waals surface area contributed by atoms with Crippen LogP contribution in [0.3, 0.4) is 0 Å². The molecule has 0 aromatic rings. The van der Waals surface area contributed by atoms with Crippen LogP contribution in [0.4, 0.5) is 0 Å². The highest BCUT2D eigenvalue weighted by molar-refractivity contribution is 5.81. The molecule has 2 rings (SSSR count). The third kappa shape index (κ3) is 3.91. The Morgan fingerprint density at radius 2 is 2.30 bits per heavy atom. The van der Waals surface area contributed by atoms with Crippen molar-refractivity contribution in [1.82, 2.24) is 15.1 Å². The van der Waals surface area contributed by atoms with E-state index in [4.69, 9.17) is 4.74 Å². The number of nitrogens with zero attached hydrogens (tertiary/aromatic N) is 2. The number of nitrogens with one attached hydrogen (secondary N) is 1. The molecule has 1 amide bonds. The minimum absolute atomic E-state index is 0.104. The number of aliphatic hydroxyl groups excluding tert-OH is 1. The summed E-state index contributed by atoms with van der Waals surface area (Å²) >= 11 is 0. The maximum Gasteiger partial charge on any atom is 0.253 e. The Hall–Kier alpha value is -0.690. The molecule has 0 radical (unpaired) electrons. The van der Waals surface area contributed by atoms with Gasteiger partial charge in [0.25, 0.3) is 5.91 Å². The number of piperazine rings is 1. The Bertz CT molecular complexity index is 319. The number of amides is 1. The predicted molar refractivity (Wildman–Crippen MR) is 76.5 cm³/mol. The van der Waals surface area contributed by atoms with E-state index in [2.05, 4.69) is 17.1 Å². The summed E-state index contributed by atoms with van der Waals surface area (Å²) in [6.07, 6.45) is 0.335. The van der Waals surface area contributed by atoms with Crippen LogP contribution in [0.25, 0.3) is 0 Å². The van der Waals surface area contributed by atoms with Gasteiger partial charge in [0, 0.05) is 45.3 Å². The second kappa shape index (κ2) is 7.36. The molecule has 3 atom stereocenters. The fourth-order valence-electron chi connectivity index (χ4n) is 2.99. The lowest BCUT2D eigenvalue weighted by Crippen LogP contribution is -2.59. The molecule has 0 bridgehead atoms. The van der Waals surface area contributed by atoms with E-state index in [0.29, 0.717) is 25.7 Å². The van der Waals surface area contributed by atoms with Crippen LogP contribution in [0.1, 0.15) is 20.3 Å². The number of carbonyl (C=O) groups is 1. The summed E-state index contributed by atoms with van der Waals surface area (Å²) < 4.78 is 5.55. The highest BCUT2D eigenvalue weighted by Crippen LogP contribution is 2.15. The quantitative estimate of drug-likeness (QED) is 0.713. The highest BCUT2D eigenvalue weighted by Gasteiger charge is 2.33. The summed E-state index contributed by atoms with van der Waals surface area (Å²) in [6.45, 7) is 8.96. The van der Waals surface area contributed by atoms with Gasteiger partial charge in [-0.25, -0.2) is 0 Å². The predicted octanol–water partition coefficient (Wildman–Crippen LogP) is -0.722. The maximum atomic E-state index is 12.4. The van der Waals surface area contributed by atoms with Crippen LogP contribution < -0.4 is 5.32 Å². The summed E-state index contributed by atoms with van der Waals surface area (Å²) in [7, 11) is 0. The van der Waals surface area contributed by atoms with Gasteiger partial charge in [0.15, 0.2) is 0 Å². The van der Waals surface area contributed by atoms with Crippen LogP contribution in [0.2, 0.25) is 0 Å². The van der Waals surface area contributed by atoms with E-state index < -0.39 is 0 Å². The zero-order chi connectivity index (χ0) is 14.5. The van der Waals surface area contributed by atoms with Crippen LogP contribution >= 0.6 is 0 Å².